The van der Waals surface area contributed by atoms with Crippen LogP contribution in [0.1, 0.15) is 0 Å². The lowest BCUT2D eigenvalue weighted by atomic mass is 10.0. The van der Waals surface area contributed by atoms with Crippen molar-refractivity contribution in [3.8, 4) is 0 Å². The maximum Gasteiger partial charge on any atom is 0.201 e. The van der Waals surface area contributed by atoms with Crippen LogP contribution in [-0.4, -0.2) is 0 Å². The van der Waals surface area contributed by atoms with Crippen molar-refractivity contribution in [3.63, 3.8) is 0 Å². The van der Waals surface area contributed by atoms with Crippen molar-refractivity contribution < 1.29 is 13.2 Å². The van der Waals surface area contributed by atoms with Crippen LogP contribution in [0.2, 0.25) is 0 Å². The first-order valence-corrected chi connectivity index (χ1v) is 6.38. The van der Waals surface area contributed by atoms with Gasteiger partial charge in [0.15, 0.2) is 0 Å². The van der Waals surface area contributed by atoms with Crippen LogP contribution in [0.15, 0.2) is 57.7 Å². The van der Waals surface area contributed by atoms with E-state index >= 15 is 0 Å². The van der Waals surface area contributed by atoms with Crippen molar-refractivity contribution >= 4 is 32.7 Å². The van der Waals surface area contributed by atoms with E-state index in [2.05, 4.69) is 0 Å². The largest absolute Gasteiger partial charge is 0.456 e. The predicted octanol–water partition coefficient (Wildman–Crippen LogP) is 4.38. The van der Waals surface area contributed by atoms with E-state index in [1.54, 1.807) is 18.2 Å². The third-order valence-corrected chi connectivity index (χ3v) is 3.58. The first kappa shape index (κ1) is 12.0. The van der Waals surface area contributed by atoms with Gasteiger partial charge in [-0.3, -0.25) is 4.79 Å². The molecule has 0 saturated heterocycles. The molecule has 0 saturated carbocycles. The van der Waals surface area contributed by atoms with Crippen molar-refractivity contribution in [1.29, 1.82) is 0 Å². The molecule has 4 rings (SSSR count). The van der Waals surface area contributed by atoms with Crippen LogP contribution in [0.25, 0.3) is 32.7 Å². The fourth-order valence-electron chi connectivity index (χ4n) is 2.61. The summed E-state index contributed by atoms with van der Waals surface area (Å²) >= 11 is 0. The second-order valence-electron chi connectivity index (χ2n) is 4.88. The monoisotopic (exact) mass is 282 g/mol. The lowest BCUT2D eigenvalue weighted by Gasteiger charge is -2.05. The predicted molar refractivity (Wildman–Crippen MR) is 77.4 cm³/mol. The van der Waals surface area contributed by atoms with E-state index in [0.717, 1.165) is 5.39 Å². The fourth-order valence-corrected chi connectivity index (χ4v) is 2.61. The minimum Gasteiger partial charge on any atom is -0.456 e. The molecule has 0 atom stereocenters. The molecule has 1 aromatic heterocycles. The Labute approximate surface area is 117 Å². The summed E-state index contributed by atoms with van der Waals surface area (Å²) in [6, 6.07) is 11.4. The first-order valence-electron chi connectivity index (χ1n) is 6.38. The van der Waals surface area contributed by atoms with Gasteiger partial charge in [0.1, 0.15) is 22.8 Å². The maximum atomic E-state index is 13.5. The molecule has 102 valence electrons. The third-order valence-electron chi connectivity index (χ3n) is 3.58. The number of rotatable bonds is 0. The smallest absolute Gasteiger partial charge is 0.201 e. The molecule has 0 bridgehead atoms. The van der Waals surface area contributed by atoms with Gasteiger partial charge in [-0.1, -0.05) is 12.1 Å². The summed E-state index contributed by atoms with van der Waals surface area (Å²) < 4.78 is 32.3. The summed E-state index contributed by atoms with van der Waals surface area (Å²) in [7, 11) is 0. The Kier molecular flexibility index (Phi) is 2.36. The highest BCUT2D eigenvalue weighted by Crippen LogP contribution is 2.26. The molecule has 0 N–H and O–H groups in total. The Morgan fingerprint density at radius 1 is 0.762 bits per heavy atom. The van der Waals surface area contributed by atoms with E-state index in [0.29, 0.717) is 16.4 Å². The van der Waals surface area contributed by atoms with E-state index in [-0.39, 0.29) is 16.4 Å². The second-order valence-corrected chi connectivity index (χ2v) is 4.88. The van der Waals surface area contributed by atoms with Crippen LogP contribution in [-0.2, 0) is 0 Å². The van der Waals surface area contributed by atoms with Gasteiger partial charge in [-0.05, 0) is 41.1 Å². The van der Waals surface area contributed by atoms with Gasteiger partial charge in [-0.2, -0.15) is 0 Å². The quantitative estimate of drug-likeness (QED) is 0.354. The molecule has 4 aromatic rings. The molecule has 0 radical (unpaired) electrons. The molecular weight excluding hydrogens is 274 g/mol. The highest BCUT2D eigenvalue weighted by molar-refractivity contribution is 6.08. The third kappa shape index (κ3) is 1.72. The normalized spacial score (nSPS) is 11.5. The topological polar surface area (TPSA) is 30.2 Å². The summed E-state index contributed by atoms with van der Waals surface area (Å²) in [6.45, 7) is 0. The van der Waals surface area contributed by atoms with E-state index in [1.165, 1.54) is 30.3 Å². The van der Waals surface area contributed by atoms with Crippen molar-refractivity contribution in [3.05, 3.63) is 70.4 Å². The minimum absolute atomic E-state index is 0.184. The van der Waals surface area contributed by atoms with Gasteiger partial charge in [0.25, 0.3) is 0 Å². The molecule has 1 heterocycles. The summed E-state index contributed by atoms with van der Waals surface area (Å²) in [5, 5.41) is 1.83. The molecule has 0 unspecified atom stereocenters. The molecule has 21 heavy (non-hydrogen) atoms. The number of hydrogen-bond donors (Lipinski definition) is 0. The Balaban J connectivity index is 2.31. The van der Waals surface area contributed by atoms with Crippen molar-refractivity contribution in [2.45, 2.75) is 0 Å². The van der Waals surface area contributed by atoms with Gasteiger partial charge in [-0.15, -0.1) is 0 Å². The molecule has 2 nitrogen and oxygen atoms in total. The summed E-state index contributed by atoms with van der Waals surface area (Å²) in [4.78, 5) is 12.6. The molecule has 4 heteroatoms. The minimum atomic E-state index is -0.475. The van der Waals surface area contributed by atoms with Crippen LogP contribution in [0.4, 0.5) is 8.78 Å². The van der Waals surface area contributed by atoms with Crippen molar-refractivity contribution in [2.24, 2.45) is 0 Å². The number of fused-ring (bicyclic) bond motifs is 4. The molecule has 0 amide bonds. The summed E-state index contributed by atoms with van der Waals surface area (Å²) in [5.74, 6) is -0.898. The Morgan fingerprint density at radius 2 is 1.48 bits per heavy atom. The van der Waals surface area contributed by atoms with Crippen LogP contribution in [0.5, 0.6) is 0 Å². The fraction of sp³-hybridized carbons (Fsp3) is 0. The van der Waals surface area contributed by atoms with Gasteiger partial charge >= 0.3 is 0 Å². The molecule has 3 aromatic carbocycles. The van der Waals surface area contributed by atoms with Crippen molar-refractivity contribution in [2.75, 3.05) is 0 Å². The SMILES string of the molecule is O=c1c2ccc(F)cc2oc2ccc3ccc(F)cc3c12. The van der Waals surface area contributed by atoms with Crippen LogP contribution >= 0.6 is 0 Å². The van der Waals surface area contributed by atoms with Gasteiger partial charge in [0.2, 0.25) is 5.43 Å². The number of halogens is 2. The molecule has 0 aliphatic carbocycles. The van der Waals surface area contributed by atoms with Crippen LogP contribution < -0.4 is 5.43 Å². The molecule has 0 aliphatic heterocycles. The van der Waals surface area contributed by atoms with E-state index < -0.39 is 11.6 Å². The highest BCUT2D eigenvalue weighted by atomic mass is 19.1. The standard InChI is InChI=1S/C17H8F2O2/c18-10-3-1-9-2-6-14-16(13(9)7-10)17(20)12-5-4-11(19)8-15(12)21-14/h1-8H. The Hall–Kier alpha value is -2.75. The summed E-state index contributed by atoms with van der Waals surface area (Å²) in [5.41, 5.74) is 0.210. The van der Waals surface area contributed by atoms with E-state index in [9.17, 15) is 13.6 Å². The number of benzene rings is 3. The first-order chi connectivity index (χ1) is 10.1. The molecule has 0 spiro atoms. The Morgan fingerprint density at radius 3 is 2.33 bits per heavy atom. The average Bonchev–Trinajstić information content (AvgIpc) is 2.46. The van der Waals surface area contributed by atoms with Gasteiger partial charge in [0.05, 0.1) is 10.8 Å². The molecular formula is C17H8F2O2. The summed E-state index contributed by atoms with van der Waals surface area (Å²) in [6.07, 6.45) is 0. The average molecular weight is 282 g/mol. The lowest BCUT2D eigenvalue weighted by molar-refractivity contribution is 0.615. The molecule has 0 fully saturated rings. The second kappa shape index (κ2) is 4.12. The van der Waals surface area contributed by atoms with Crippen molar-refractivity contribution in [1.82, 2.24) is 0 Å². The Bertz CT molecular complexity index is 1080. The zero-order valence-corrected chi connectivity index (χ0v) is 10.7. The lowest BCUT2D eigenvalue weighted by Crippen LogP contribution is -2.03. The van der Waals surface area contributed by atoms with Gasteiger partial charge < -0.3 is 4.42 Å². The highest BCUT2D eigenvalue weighted by Gasteiger charge is 2.12. The van der Waals surface area contributed by atoms with Crippen LogP contribution in [0.3, 0.4) is 0 Å². The number of hydrogen-bond acceptors (Lipinski definition) is 2. The van der Waals surface area contributed by atoms with Crippen LogP contribution in [0, 0.1) is 11.6 Å². The maximum absolute atomic E-state index is 13.5. The zero-order valence-electron chi connectivity index (χ0n) is 10.7. The van der Waals surface area contributed by atoms with Gasteiger partial charge in [-0.25, -0.2) is 8.78 Å². The molecule has 0 aliphatic rings. The zero-order chi connectivity index (χ0) is 14.6. The van der Waals surface area contributed by atoms with Gasteiger partial charge in [0, 0.05) is 6.07 Å². The van der Waals surface area contributed by atoms with E-state index in [1.807, 2.05) is 0 Å². The van der Waals surface area contributed by atoms with E-state index in [4.69, 9.17) is 4.42 Å².